The molecule has 4 nitrogen and oxygen atoms in total. The Hall–Kier alpha value is -2.33. The highest BCUT2D eigenvalue weighted by molar-refractivity contribution is 5.78. The van der Waals surface area contributed by atoms with Gasteiger partial charge in [0.15, 0.2) is 0 Å². The Kier molecular flexibility index (Phi) is 7.22. The summed E-state index contributed by atoms with van der Waals surface area (Å²) in [4.78, 5) is 18.7. The highest BCUT2D eigenvalue weighted by Crippen LogP contribution is 2.14. The van der Waals surface area contributed by atoms with E-state index >= 15 is 0 Å². The van der Waals surface area contributed by atoms with E-state index in [9.17, 15) is 4.79 Å². The number of amides is 1. The zero-order valence-corrected chi connectivity index (χ0v) is 16.7. The topological polar surface area (TPSA) is 26.8 Å². The molecular formula is C22H31N3O. The van der Waals surface area contributed by atoms with E-state index < -0.39 is 0 Å². The summed E-state index contributed by atoms with van der Waals surface area (Å²) in [6.07, 6.45) is 0. The number of carbonyl (C=O) groups is 1. The zero-order chi connectivity index (χ0) is 19.1. The number of likely N-dealkylation sites (N-methyl/N-ethyl adjacent to an activating group) is 2. The van der Waals surface area contributed by atoms with E-state index in [-0.39, 0.29) is 5.91 Å². The van der Waals surface area contributed by atoms with Crippen molar-refractivity contribution < 1.29 is 4.79 Å². The van der Waals surface area contributed by atoms with Crippen molar-refractivity contribution in [1.82, 2.24) is 9.80 Å². The van der Waals surface area contributed by atoms with Gasteiger partial charge in [-0.05, 0) is 36.7 Å². The highest BCUT2D eigenvalue weighted by atomic mass is 16.2. The first-order chi connectivity index (χ1) is 12.4. The van der Waals surface area contributed by atoms with Crippen molar-refractivity contribution in [3.05, 3.63) is 65.2 Å². The van der Waals surface area contributed by atoms with Gasteiger partial charge in [-0.15, -0.1) is 0 Å². The van der Waals surface area contributed by atoms with Crippen LogP contribution in [0.25, 0.3) is 0 Å². The first-order valence-corrected chi connectivity index (χ1v) is 9.17. The van der Waals surface area contributed by atoms with Gasteiger partial charge in [0.2, 0.25) is 5.91 Å². The van der Waals surface area contributed by atoms with Gasteiger partial charge in [-0.2, -0.15) is 0 Å². The average Bonchev–Trinajstić information content (AvgIpc) is 2.61. The molecule has 0 aromatic heterocycles. The molecule has 0 saturated carbocycles. The number of hydrogen-bond donors (Lipinski definition) is 0. The van der Waals surface area contributed by atoms with Crippen molar-refractivity contribution in [2.24, 2.45) is 0 Å². The first-order valence-electron chi connectivity index (χ1n) is 9.17. The molecule has 0 aliphatic rings. The van der Waals surface area contributed by atoms with E-state index in [1.54, 1.807) is 0 Å². The SMILES string of the molecule is CCN(CC(=O)N(C)Cc1ccc(N(C)C)cc1)Cc1cccc(C)c1. The second-order valence-corrected chi connectivity index (χ2v) is 7.10. The van der Waals surface area contributed by atoms with Crippen molar-refractivity contribution in [3.8, 4) is 0 Å². The Morgan fingerprint density at radius 1 is 0.923 bits per heavy atom. The smallest absolute Gasteiger partial charge is 0.236 e. The third-order valence-corrected chi connectivity index (χ3v) is 4.59. The molecule has 0 aliphatic heterocycles. The summed E-state index contributed by atoms with van der Waals surface area (Å²) >= 11 is 0. The largest absolute Gasteiger partial charge is 0.378 e. The van der Waals surface area contributed by atoms with Crippen molar-refractivity contribution in [2.45, 2.75) is 26.9 Å². The summed E-state index contributed by atoms with van der Waals surface area (Å²) < 4.78 is 0. The fourth-order valence-electron chi connectivity index (χ4n) is 2.92. The van der Waals surface area contributed by atoms with Gasteiger partial charge in [-0.1, -0.05) is 48.9 Å². The predicted octanol–water partition coefficient (Wildman–Crippen LogP) is 3.54. The first kappa shape index (κ1) is 20.0. The predicted molar refractivity (Wildman–Crippen MR) is 109 cm³/mol. The van der Waals surface area contributed by atoms with Crippen LogP contribution in [-0.4, -0.2) is 49.9 Å². The maximum atomic E-state index is 12.6. The van der Waals surface area contributed by atoms with Crippen LogP contribution in [0.15, 0.2) is 48.5 Å². The molecule has 0 saturated heterocycles. The molecule has 26 heavy (non-hydrogen) atoms. The number of aryl methyl sites for hydroxylation is 1. The van der Waals surface area contributed by atoms with E-state index in [0.717, 1.165) is 24.3 Å². The molecule has 0 heterocycles. The number of rotatable bonds is 8. The van der Waals surface area contributed by atoms with Gasteiger partial charge < -0.3 is 9.80 Å². The minimum absolute atomic E-state index is 0.149. The van der Waals surface area contributed by atoms with E-state index in [1.165, 1.54) is 11.1 Å². The van der Waals surface area contributed by atoms with E-state index in [4.69, 9.17) is 0 Å². The third-order valence-electron chi connectivity index (χ3n) is 4.59. The molecule has 2 rings (SSSR count). The van der Waals surface area contributed by atoms with Crippen LogP contribution in [0.2, 0.25) is 0 Å². The van der Waals surface area contributed by atoms with Crippen LogP contribution in [0, 0.1) is 6.92 Å². The Morgan fingerprint density at radius 3 is 2.19 bits per heavy atom. The molecule has 0 unspecified atom stereocenters. The Balaban J connectivity index is 1.91. The Bertz CT molecular complexity index is 710. The van der Waals surface area contributed by atoms with Crippen molar-refractivity contribution >= 4 is 11.6 Å². The summed E-state index contributed by atoms with van der Waals surface area (Å²) in [7, 11) is 5.93. The van der Waals surface area contributed by atoms with Crippen LogP contribution in [-0.2, 0) is 17.9 Å². The van der Waals surface area contributed by atoms with Gasteiger partial charge in [0.25, 0.3) is 0 Å². The normalized spacial score (nSPS) is 10.8. The molecule has 4 heteroatoms. The van der Waals surface area contributed by atoms with Gasteiger partial charge in [0.05, 0.1) is 6.54 Å². The molecule has 2 aromatic rings. The number of benzene rings is 2. The molecule has 0 aliphatic carbocycles. The fraction of sp³-hybridized carbons (Fsp3) is 0.409. The number of carbonyl (C=O) groups excluding carboxylic acids is 1. The van der Waals surface area contributed by atoms with Gasteiger partial charge >= 0.3 is 0 Å². The highest BCUT2D eigenvalue weighted by Gasteiger charge is 2.14. The molecular weight excluding hydrogens is 322 g/mol. The maximum Gasteiger partial charge on any atom is 0.236 e. The van der Waals surface area contributed by atoms with Gasteiger partial charge in [0, 0.05) is 39.9 Å². The quantitative estimate of drug-likeness (QED) is 0.726. The molecule has 2 aromatic carbocycles. The molecule has 140 valence electrons. The lowest BCUT2D eigenvalue weighted by atomic mass is 10.1. The summed E-state index contributed by atoms with van der Waals surface area (Å²) in [6, 6.07) is 16.8. The Morgan fingerprint density at radius 2 is 1.62 bits per heavy atom. The minimum Gasteiger partial charge on any atom is -0.378 e. The minimum atomic E-state index is 0.149. The number of nitrogens with zero attached hydrogens (tertiary/aromatic N) is 3. The van der Waals surface area contributed by atoms with Crippen LogP contribution in [0.5, 0.6) is 0 Å². The monoisotopic (exact) mass is 353 g/mol. The Labute approximate surface area is 158 Å². The lowest BCUT2D eigenvalue weighted by Gasteiger charge is -2.24. The van der Waals surface area contributed by atoms with Crippen LogP contribution >= 0.6 is 0 Å². The van der Waals surface area contributed by atoms with Crippen molar-refractivity contribution in [1.29, 1.82) is 0 Å². The molecule has 0 radical (unpaired) electrons. The van der Waals surface area contributed by atoms with Gasteiger partial charge in [-0.25, -0.2) is 0 Å². The summed E-state index contributed by atoms with van der Waals surface area (Å²) in [5.74, 6) is 0.149. The van der Waals surface area contributed by atoms with Gasteiger partial charge in [0.1, 0.15) is 0 Å². The number of hydrogen-bond acceptors (Lipinski definition) is 3. The van der Waals surface area contributed by atoms with Gasteiger partial charge in [-0.3, -0.25) is 9.69 Å². The standard InChI is InChI=1S/C22H31N3O/c1-6-25(16-20-9-7-8-18(2)14-20)17-22(26)24(5)15-19-10-12-21(13-11-19)23(3)4/h7-14H,6,15-17H2,1-5H3. The third kappa shape index (κ3) is 5.88. The second kappa shape index (κ2) is 9.39. The van der Waals surface area contributed by atoms with Crippen LogP contribution < -0.4 is 4.90 Å². The fourth-order valence-corrected chi connectivity index (χ4v) is 2.92. The second-order valence-electron chi connectivity index (χ2n) is 7.10. The molecule has 0 spiro atoms. The van der Waals surface area contributed by atoms with E-state index in [2.05, 4.69) is 72.2 Å². The van der Waals surface area contributed by atoms with Crippen LogP contribution in [0.3, 0.4) is 0 Å². The van der Waals surface area contributed by atoms with Crippen LogP contribution in [0.4, 0.5) is 5.69 Å². The lowest BCUT2D eigenvalue weighted by molar-refractivity contribution is -0.131. The van der Waals surface area contributed by atoms with Crippen molar-refractivity contribution in [3.63, 3.8) is 0 Å². The molecule has 1 amide bonds. The lowest BCUT2D eigenvalue weighted by Crippen LogP contribution is -2.37. The zero-order valence-electron chi connectivity index (χ0n) is 16.7. The van der Waals surface area contributed by atoms with E-state index in [1.807, 2.05) is 26.0 Å². The molecule has 0 N–H and O–H groups in total. The molecule has 0 atom stereocenters. The maximum absolute atomic E-state index is 12.6. The van der Waals surface area contributed by atoms with Crippen LogP contribution in [0.1, 0.15) is 23.6 Å². The molecule has 0 bridgehead atoms. The summed E-state index contributed by atoms with van der Waals surface area (Å²) in [5.41, 5.74) is 4.82. The molecule has 0 fully saturated rings. The average molecular weight is 354 g/mol. The van der Waals surface area contributed by atoms with Crippen molar-refractivity contribution in [2.75, 3.05) is 39.1 Å². The summed E-state index contributed by atoms with van der Waals surface area (Å²) in [6.45, 7) is 6.93. The summed E-state index contributed by atoms with van der Waals surface area (Å²) in [5, 5.41) is 0. The number of anilines is 1. The van der Waals surface area contributed by atoms with E-state index in [0.29, 0.717) is 13.1 Å².